The van der Waals surface area contributed by atoms with Crippen molar-refractivity contribution in [2.75, 3.05) is 0 Å². The molecule has 0 unspecified atom stereocenters. The Bertz CT molecular complexity index is 711. The Morgan fingerprint density at radius 3 is 1.88 bits per heavy atom. The lowest BCUT2D eigenvalue weighted by atomic mass is 10.0. The van der Waals surface area contributed by atoms with E-state index in [1.807, 2.05) is 67.6 Å². The van der Waals surface area contributed by atoms with Crippen molar-refractivity contribution in [2.24, 2.45) is 0 Å². The molecule has 124 valence electrons. The van der Waals surface area contributed by atoms with E-state index in [1.165, 1.54) is 0 Å². The van der Waals surface area contributed by atoms with Crippen LogP contribution in [0.1, 0.15) is 37.1 Å². The molecule has 0 spiro atoms. The summed E-state index contributed by atoms with van der Waals surface area (Å²) in [7, 11) is 0. The third kappa shape index (κ3) is 4.56. The summed E-state index contributed by atoms with van der Waals surface area (Å²) >= 11 is 0. The monoisotopic (exact) mass is 322 g/mol. The Morgan fingerprint density at radius 2 is 1.38 bits per heavy atom. The molecule has 0 aliphatic heterocycles. The number of carbonyl (C=O) groups is 2. The maximum Gasteiger partial charge on any atom is 0.247 e. The highest BCUT2D eigenvalue weighted by atomic mass is 16.2. The van der Waals surface area contributed by atoms with Crippen LogP contribution in [0.4, 0.5) is 0 Å². The van der Waals surface area contributed by atoms with E-state index in [1.54, 1.807) is 6.92 Å². The molecule has 2 atom stereocenters. The third-order valence-corrected chi connectivity index (χ3v) is 3.72. The summed E-state index contributed by atoms with van der Waals surface area (Å²) in [4.78, 5) is 24.7. The molecule has 0 saturated carbocycles. The predicted octanol–water partition coefficient (Wildman–Crippen LogP) is 3.30. The molecule has 2 aromatic rings. The molecule has 2 N–H and O–H groups in total. The molecule has 4 heteroatoms. The maximum absolute atomic E-state index is 12.7. The minimum absolute atomic E-state index is 0.161. The van der Waals surface area contributed by atoms with Crippen LogP contribution in [0.2, 0.25) is 0 Å². The Morgan fingerprint density at radius 1 is 0.875 bits per heavy atom. The topological polar surface area (TPSA) is 58.2 Å². The first kappa shape index (κ1) is 17.5. The molecule has 0 fully saturated rings. The van der Waals surface area contributed by atoms with Crippen LogP contribution in [0.15, 0.2) is 72.8 Å². The molecule has 2 amide bonds. The lowest BCUT2D eigenvalue weighted by molar-refractivity contribution is -0.128. The van der Waals surface area contributed by atoms with Crippen molar-refractivity contribution in [3.8, 4) is 0 Å². The zero-order valence-electron chi connectivity index (χ0n) is 14.0. The molecule has 0 aliphatic carbocycles. The normalized spacial score (nSPS) is 12.8. The average molecular weight is 322 g/mol. The Balaban J connectivity index is 2.18. The third-order valence-electron chi connectivity index (χ3n) is 3.72. The second-order valence-electron chi connectivity index (χ2n) is 5.74. The highest BCUT2D eigenvalue weighted by Crippen LogP contribution is 2.17. The van der Waals surface area contributed by atoms with Crippen molar-refractivity contribution >= 4 is 11.8 Å². The van der Waals surface area contributed by atoms with E-state index in [0.29, 0.717) is 5.57 Å². The van der Waals surface area contributed by atoms with Gasteiger partial charge in [-0.05, 0) is 25.0 Å². The first-order valence-corrected chi connectivity index (χ1v) is 7.85. The van der Waals surface area contributed by atoms with E-state index in [4.69, 9.17) is 0 Å². The number of rotatable bonds is 6. The fourth-order valence-corrected chi connectivity index (χ4v) is 2.32. The summed E-state index contributed by atoms with van der Waals surface area (Å²) in [6.07, 6.45) is 0. The molecule has 4 nitrogen and oxygen atoms in total. The van der Waals surface area contributed by atoms with Gasteiger partial charge < -0.3 is 10.6 Å². The van der Waals surface area contributed by atoms with Crippen LogP contribution in [0, 0.1) is 0 Å². The molecule has 0 heterocycles. The van der Waals surface area contributed by atoms with Gasteiger partial charge >= 0.3 is 0 Å². The molecule has 2 aromatic carbocycles. The van der Waals surface area contributed by atoms with Gasteiger partial charge in [0.05, 0.1) is 6.04 Å². The largest absolute Gasteiger partial charge is 0.347 e. The summed E-state index contributed by atoms with van der Waals surface area (Å²) in [6, 6.07) is 17.9. The fraction of sp³-hybridized carbons (Fsp3) is 0.200. The van der Waals surface area contributed by atoms with Crippen LogP contribution in [-0.2, 0) is 9.59 Å². The van der Waals surface area contributed by atoms with E-state index in [9.17, 15) is 9.59 Å². The van der Waals surface area contributed by atoms with Crippen LogP contribution < -0.4 is 10.6 Å². The lowest BCUT2D eigenvalue weighted by Gasteiger charge is -2.22. The Hall–Kier alpha value is -2.88. The van der Waals surface area contributed by atoms with Gasteiger partial charge in [-0.2, -0.15) is 0 Å². The highest BCUT2D eigenvalue weighted by molar-refractivity contribution is 5.96. The molecule has 0 bridgehead atoms. The Labute approximate surface area is 142 Å². The van der Waals surface area contributed by atoms with Crippen LogP contribution in [-0.4, -0.2) is 11.8 Å². The lowest BCUT2D eigenvalue weighted by Crippen LogP contribution is -2.41. The van der Waals surface area contributed by atoms with Crippen molar-refractivity contribution in [3.05, 3.63) is 83.9 Å². The van der Waals surface area contributed by atoms with Gasteiger partial charge in [0.25, 0.3) is 0 Å². The number of carbonyl (C=O) groups excluding carboxylic acids is 2. The van der Waals surface area contributed by atoms with Gasteiger partial charge in [-0.25, -0.2) is 0 Å². The Kier molecular flexibility index (Phi) is 5.90. The van der Waals surface area contributed by atoms with E-state index < -0.39 is 6.04 Å². The molecule has 24 heavy (non-hydrogen) atoms. The summed E-state index contributed by atoms with van der Waals surface area (Å²) in [5, 5.41) is 5.69. The smallest absolute Gasteiger partial charge is 0.247 e. The summed E-state index contributed by atoms with van der Waals surface area (Å²) in [5.74, 6) is -0.599. The van der Waals surface area contributed by atoms with Gasteiger partial charge in [0.15, 0.2) is 0 Å². The minimum atomic E-state index is -0.762. The zero-order chi connectivity index (χ0) is 17.5. The fourth-order valence-electron chi connectivity index (χ4n) is 2.32. The quantitative estimate of drug-likeness (QED) is 0.802. The number of nitrogens with one attached hydrogen (secondary N) is 2. The van der Waals surface area contributed by atoms with Gasteiger partial charge in [-0.3, -0.25) is 9.59 Å². The van der Waals surface area contributed by atoms with Crippen molar-refractivity contribution in [2.45, 2.75) is 25.9 Å². The zero-order valence-corrected chi connectivity index (χ0v) is 14.0. The van der Waals surface area contributed by atoms with Crippen molar-refractivity contribution in [3.63, 3.8) is 0 Å². The van der Waals surface area contributed by atoms with Crippen molar-refractivity contribution in [1.29, 1.82) is 0 Å². The van der Waals surface area contributed by atoms with Crippen LogP contribution in [0.5, 0.6) is 0 Å². The second kappa shape index (κ2) is 8.11. The number of benzene rings is 2. The van der Waals surface area contributed by atoms with Crippen molar-refractivity contribution in [1.82, 2.24) is 10.6 Å². The maximum atomic E-state index is 12.7. The van der Waals surface area contributed by atoms with Gasteiger partial charge in [-0.1, -0.05) is 67.2 Å². The molecule has 2 rings (SSSR count). The van der Waals surface area contributed by atoms with Gasteiger partial charge in [0.1, 0.15) is 6.04 Å². The highest BCUT2D eigenvalue weighted by Gasteiger charge is 2.24. The van der Waals surface area contributed by atoms with Gasteiger partial charge in [0.2, 0.25) is 11.8 Å². The number of hydrogen-bond acceptors (Lipinski definition) is 2. The minimum Gasteiger partial charge on any atom is -0.347 e. The molecule has 0 aliphatic rings. The summed E-state index contributed by atoms with van der Waals surface area (Å²) < 4.78 is 0. The second-order valence-corrected chi connectivity index (χ2v) is 5.74. The molecular weight excluding hydrogens is 300 g/mol. The standard InChI is InChI=1S/C20H22N2O2/c1-14(2)19(23)22-18(17-12-8-5-9-13-17)20(24)21-15(3)16-10-6-4-7-11-16/h4-13,15,18H,1H2,2-3H3,(H,21,24)(H,22,23)/t15-,18+/m1/s1. The van der Waals surface area contributed by atoms with E-state index in [2.05, 4.69) is 17.2 Å². The summed E-state index contributed by atoms with van der Waals surface area (Å²) in [6.45, 7) is 7.15. The average Bonchev–Trinajstić information content (AvgIpc) is 2.60. The molecule has 0 aromatic heterocycles. The van der Waals surface area contributed by atoms with Crippen molar-refractivity contribution < 1.29 is 9.59 Å². The van der Waals surface area contributed by atoms with Crippen LogP contribution >= 0.6 is 0 Å². The SMILES string of the molecule is C=C(C)C(=O)N[C@H](C(=O)N[C@H](C)c1ccccc1)c1ccccc1. The van der Waals surface area contributed by atoms with Crippen LogP contribution in [0.25, 0.3) is 0 Å². The molecular formula is C20H22N2O2. The van der Waals surface area contributed by atoms with Crippen LogP contribution in [0.3, 0.4) is 0 Å². The van der Waals surface area contributed by atoms with E-state index >= 15 is 0 Å². The predicted molar refractivity (Wildman–Crippen MR) is 95.1 cm³/mol. The van der Waals surface area contributed by atoms with E-state index in [-0.39, 0.29) is 17.9 Å². The van der Waals surface area contributed by atoms with Gasteiger partial charge in [0, 0.05) is 5.57 Å². The number of hydrogen-bond donors (Lipinski definition) is 2. The van der Waals surface area contributed by atoms with E-state index in [0.717, 1.165) is 11.1 Å². The first-order chi connectivity index (χ1) is 11.5. The summed E-state index contributed by atoms with van der Waals surface area (Å²) in [5.41, 5.74) is 2.09. The first-order valence-electron chi connectivity index (χ1n) is 7.85. The number of amides is 2. The molecule has 0 radical (unpaired) electrons. The molecule has 0 saturated heterocycles. The van der Waals surface area contributed by atoms with Gasteiger partial charge in [-0.15, -0.1) is 0 Å².